The van der Waals surface area contributed by atoms with E-state index in [2.05, 4.69) is 0 Å². The summed E-state index contributed by atoms with van der Waals surface area (Å²) >= 11 is 5.94. The third-order valence-electron chi connectivity index (χ3n) is 2.61. The lowest BCUT2D eigenvalue weighted by molar-refractivity contribution is -0.385. The van der Waals surface area contributed by atoms with Crippen LogP contribution in [0.15, 0.2) is 36.4 Å². The molecule has 2 rings (SSSR count). The molecule has 0 heterocycles. The SMILES string of the molecule is Cc1ccc(Oc2c(Cl)cccc2[N+](=O)[O-])c(C#N)c1. The molecule has 0 fully saturated rings. The van der Waals surface area contributed by atoms with Crippen molar-refractivity contribution in [2.45, 2.75) is 6.92 Å². The van der Waals surface area contributed by atoms with E-state index in [0.29, 0.717) is 5.56 Å². The summed E-state index contributed by atoms with van der Waals surface area (Å²) in [7, 11) is 0. The second-order valence-electron chi connectivity index (χ2n) is 4.06. The lowest BCUT2D eigenvalue weighted by Gasteiger charge is -2.09. The van der Waals surface area contributed by atoms with Crippen molar-refractivity contribution >= 4 is 17.3 Å². The van der Waals surface area contributed by atoms with Crippen molar-refractivity contribution in [3.63, 3.8) is 0 Å². The molecule has 5 nitrogen and oxygen atoms in total. The van der Waals surface area contributed by atoms with Gasteiger partial charge in [-0.2, -0.15) is 5.26 Å². The molecule has 0 aliphatic rings. The number of rotatable bonds is 3. The van der Waals surface area contributed by atoms with E-state index in [-0.39, 0.29) is 22.2 Å². The molecule has 100 valence electrons. The van der Waals surface area contributed by atoms with E-state index in [1.165, 1.54) is 18.2 Å². The van der Waals surface area contributed by atoms with Gasteiger partial charge in [0.25, 0.3) is 0 Å². The van der Waals surface area contributed by atoms with Crippen molar-refractivity contribution in [1.82, 2.24) is 0 Å². The van der Waals surface area contributed by atoms with Gasteiger partial charge in [0.2, 0.25) is 5.75 Å². The zero-order chi connectivity index (χ0) is 14.7. The Morgan fingerprint density at radius 1 is 1.35 bits per heavy atom. The number of para-hydroxylation sites is 1. The summed E-state index contributed by atoms with van der Waals surface area (Å²) in [5.41, 5.74) is 0.934. The van der Waals surface area contributed by atoms with Crippen LogP contribution in [-0.4, -0.2) is 4.92 Å². The van der Waals surface area contributed by atoms with Crippen molar-refractivity contribution in [2.24, 2.45) is 0 Å². The molecule has 2 aromatic carbocycles. The third kappa shape index (κ3) is 2.71. The molecule has 0 atom stereocenters. The largest absolute Gasteiger partial charge is 0.447 e. The molecule has 0 amide bonds. The predicted octanol–water partition coefficient (Wildman–Crippen LogP) is 4.22. The van der Waals surface area contributed by atoms with Crippen LogP contribution in [0.25, 0.3) is 0 Å². The minimum Gasteiger partial charge on any atom is -0.447 e. The van der Waals surface area contributed by atoms with Crippen LogP contribution in [0, 0.1) is 28.4 Å². The number of ether oxygens (including phenoxy) is 1. The van der Waals surface area contributed by atoms with Crippen LogP contribution in [0.1, 0.15) is 11.1 Å². The highest BCUT2D eigenvalue weighted by molar-refractivity contribution is 6.32. The van der Waals surface area contributed by atoms with Crippen molar-refractivity contribution in [3.8, 4) is 17.6 Å². The minimum absolute atomic E-state index is 0.0699. The number of halogens is 1. The molecule has 2 aromatic rings. The topological polar surface area (TPSA) is 76.2 Å². The Morgan fingerprint density at radius 2 is 2.10 bits per heavy atom. The molecule has 20 heavy (non-hydrogen) atoms. The fourth-order valence-electron chi connectivity index (χ4n) is 1.67. The number of nitriles is 1. The van der Waals surface area contributed by atoms with Gasteiger partial charge in [-0.1, -0.05) is 23.7 Å². The number of nitro benzene ring substituents is 1. The molecule has 0 bridgehead atoms. The van der Waals surface area contributed by atoms with Crippen molar-refractivity contribution in [3.05, 3.63) is 62.7 Å². The van der Waals surface area contributed by atoms with Crippen LogP contribution in [-0.2, 0) is 0 Å². The zero-order valence-corrected chi connectivity index (χ0v) is 11.2. The lowest BCUT2D eigenvalue weighted by Crippen LogP contribution is -1.95. The Labute approximate surface area is 120 Å². The molecular formula is C14H9ClN2O3. The number of aryl methyl sites for hydroxylation is 1. The van der Waals surface area contributed by atoms with Gasteiger partial charge in [0.05, 0.1) is 15.5 Å². The van der Waals surface area contributed by atoms with E-state index >= 15 is 0 Å². The molecule has 0 aliphatic carbocycles. The maximum Gasteiger partial charge on any atom is 0.313 e. The maximum atomic E-state index is 11.0. The summed E-state index contributed by atoms with van der Waals surface area (Å²) in [6, 6.07) is 11.2. The summed E-state index contributed by atoms with van der Waals surface area (Å²) in [5.74, 6) is 0.161. The summed E-state index contributed by atoms with van der Waals surface area (Å²) in [4.78, 5) is 10.4. The van der Waals surface area contributed by atoms with E-state index in [1.54, 1.807) is 18.2 Å². The monoisotopic (exact) mass is 288 g/mol. The number of nitro groups is 1. The first-order valence-electron chi connectivity index (χ1n) is 5.64. The highest BCUT2D eigenvalue weighted by atomic mass is 35.5. The van der Waals surface area contributed by atoms with Crippen molar-refractivity contribution in [1.29, 1.82) is 5.26 Å². The lowest BCUT2D eigenvalue weighted by atomic mass is 10.1. The molecule has 6 heteroatoms. The van der Waals surface area contributed by atoms with E-state index in [0.717, 1.165) is 5.56 Å². The Balaban J connectivity index is 2.51. The average molecular weight is 289 g/mol. The first kappa shape index (κ1) is 13.8. The summed E-state index contributed by atoms with van der Waals surface area (Å²) in [5, 5.41) is 20.2. The summed E-state index contributed by atoms with van der Waals surface area (Å²) in [6.07, 6.45) is 0. The molecule has 0 saturated heterocycles. The van der Waals surface area contributed by atoms with Gasteiger partial charge in [-0.3, -0.25) is 10.1 Å². The van der Waals surface area contributed by atoms with E-state index in [9.17, 15) is 10.1 Å². The zero-order valence-electron chi connectivity index (χ0n) is 10.5. The van der Waals surface area contributed by atoms with Gasteiger partial charge in [-0.15, -0.1) is 0 Å². The minimum atomic E-state index is -0.582. The van der Waals surface area contributed by atoms with Gasteiger partial charge in [-0.25, -0.2) is 0 Å². The fraction of sp³-hybridized carbons (Fsp3) is 0.0714. The molecule has 0 radical (unpaired) electrons. The number of hydrogen-bond donors (Lipinski definition) is 0. The quantitative estimate of drug-likeness (QED) is 0.626. The molecule has 0 saturated carbocycles. The smallest absolute Gasteiger partial charge is 0.313 e. The van der Waals surface area contributed by atoms with Gasteiger partial charge in [-0.05, 0) is 30.7 Å². The summed E-state index contributed by atoms with van der Waals surface area (Å²) in [6.45, 7) is 1.84. The van der Waals surface area contributed by atoms with Crippen LogP contribution in [0.3, 0.4) is 0 Å². The summed E-state index contributed by atoms with van der Waals surface area (Å²) < 4.78 is 5.48. The highest BCUT2D eigenvalue weighted by Gasteiger charge is 2.20. The van der Waals surface area contributed by atoms with Crippen molar-refractivity contribution in [2.75, 3.05) is 0 Å². The number of benzene rings is 2. The Hall–Kier alpha value is -2.58. The van der Waals surface area contributed by atoms with Crippen LogP contribution in [0.2, 0.25) is 5.02 Å². The van der Waals surface area contributed by atoms with Gasteiger partial charge in [0.1, 0.15) is 11.8 Å². The Bertz CT molecular complexity index is 723. The van der Waals surface area contributed by atoms with Crippen LogP contribution < -0.4 is 4.74 Å². The molecular weight excluding hydrogens is 280 g/mol. The predicted molar refractivity (Wildman–Crippen MR) is 74.1 cm³/mol. The molecule has 0 N–H and O–H groups in total. The second-order valence-corrected chi connectivity index (χ2v) is 4.47. The Kier molecular flexibility index (Phi) is 3.87. The van der Waals surface area contributed by atoms with E-state index in [1.807, 2.05) is 13.0 Å². The molecule has 0 aromatic heterocycles. The first-order chi connectivity index (χ1) is 9.52. The first-order valence-corrected chi connectivity index (χ1v) is 6.02. The molecule has 0 spiro atoms. The Morgan fingerprint density at radius 3 is 2.75 bits per heavy atom. The van der Waals surface area contributed by atoms with Gasteiger partial charge in [0.15, 0.2) is 0 Å². The van der Waals surface area contributed by atoms with Gasteiger partial charge < -0.3 is 4.74 Å². The van der Waals surface area contributed by atoms with Crippen LogP contribution >= 0.6 is 11.6 Å². The van der Waals surface area contributed by atoms with Crippen molar-refractivity contribution < 1.29 is 9.66 Å². The maximum absolute atomic E-state index is 11.0. The molecule has 0 aliphatic heterocycles. The van der Waals surface area contributed by atoms with E-state index in [4.69, 9.17) is 21.6 Å². The number of hydrogen-bond acceptors (Lipinski definition) is 4. The standard InChI is InChI=1S/C14H9ClN2O3/c1-9-5-6-13(10(7-9)8-16)20-14-11(15)3-2-4-12(14)17(18)19/h2-7H,1H3. The normalized spacial score (nSPS) is 9.85. The fourth-order valence-corrected chi connectivity index (χ4v) is 1.88. The van der Waals surface area contributed by atoms with Crippen LogP contribution in [0.4, 0.5) is 5.69 Å². The second kappa shape index (κ2) is 5.59. The van der Waals surface area contributed by atoms with Crippen LogP contribution in [0.5, 0.6) is 11.5 Å². The van der Waals surface area contributed by atoms with Gasteiger partial charge >= 0.3 is 5.69 Å². The van der Waals surface area contributed by atoms with Gasteiger partial charge in [0, 0.05) is 6.07 Å². The average Bonchev–Trinajstić information content (AvgIpc) is 2.42. The molecule has 0 unspecified atom stereocenters. The number of nitrogens with zero attached hydrogens (tertiary/aromatic N) is 2. The van der Waals surface area contributed by atoms with E-state index < -0.39 is 4.92 Å². The highest BCUT2D eigenvalue weighted by Crippen LogP contribution is 2.38. The third-order valence-corrected chi connectivity index (χ3v) is 2.91.